The van der Waals surface area contributed by atoms with Gasteiger partial charge in [0.05, 0.1) is 0 Å². The fourth-order valence-electron chi connectivity index (χ4n) is 2.54. The molecule has 5 heteroatoms. The molecule has 0 aromatic rings. The van der Waals surface area contributed by atoms with E-state index in [1.54, 1.807) is 0 Å². The third-order valence-electron chi connectivity index (χ3n) is 4.03. The van der Waals surface area contributed by atoms with Crippen LogP contribution in [0.3, 0.4) is 0 Å². The van der Waals surface area contributed by atoms with Crippen molar-refractivity contribution in [2.75, 3.05) is 19.6 Å². The van der Waals surface area contributed by atoms with Crippen molar-refractivity contribution in [3.05, 3.63) is 0 Å². The second-order valence-electron chi connectivity index (χ2n) is 5.80. The zero-order valence-corrected chi connectivity index (χ0v) is 11.7. The van der Waals surface area contributed by atoms with E-state index in [4.69, 9.17) is 0 Å². The van der Waals surface area contributed by atoms with Crippen molar-refractivity contribution in [3.63, 3.8) is 0 Å². The lowest BCUT2D eigenvalue weighted by atomic mass is 9.90. The molecule has 19 heavy (non-hydrogen) atoms. The minimum absolute atomic E-state index is 0.0759. The maximum Gasteiger partial charge on any atom is 0.223 e. The van der Waals surface area contributed by atoms with Gasteiger partial charge in [-0.05, 0) is 38.1 Å². The molecule has 5 nitrogen and oxygen atoms in total. The molecule has 0 radical (unpaired) electrons. The molecule has 1 heterocycles. The van der Waals surface area contributed by atoms with Crippen LogP contribution >= 0.6 is 0 Å². The first-order chi connectivity index (χ1) is 9.16. The first-order valence-electron chi connectivity index (χ1n) is 7.44. The van der Waals surface area contributed by atoms with Crippen LogP contribution in [0.5, 0.6) is 0 Å². The van der Waals surface area contributed by atoms with Gasteiger partial charge in [-0.2, -0.15) is 0 Å². The molecule has 2 amide bonds. The van der Waals surface area contributed by atoms with Crippen LogP contribution in [0, 0.1) is 11.8 Å². The maximum absolute atomic E-state index is 11.8. The van der Waals surface area contributed by atoms with Crippen LogP contribution in [0.2, 0.25) is 0 Å². The molecule has 3 N–H and O–H groups in total. The van der Waals surface area contributed by atoms with E-state index in [2.05, 4.69) is 22.9 Å². The van der Waals surface area contributed by atoms with Gasteiger partial charge >= 0.3 is 0 Å². The molecule has 2 aliphatic rings. The van der Waals surface area contributed by atoms with E-state index >= 15 is 0 Å². The molecule has 2 rings (SSSR count). The summed E-state index contributed by atoms with van der Waals surface area (Å²) < 4.78 is 0. The molecule has 2 unspecified atom stereocenters. The number of amides is 2. The normalized spacial score (nSPS) is 26.8. The minimum Gasteiger partial charge on any atom is -0.354 e. The van der Waals surface area contributed by atoms with Gasteiger partial charge in [0, 0.05) is 31.5 Å². The van der Waals surface area contributed by atoms with Gasteiger partial charge in [0.15, 0.2) is 0 Å². The van der Waals surface area contributed by atoms with Gasteiger partial charge in [-0.15, -0.1) is 0 Å². The molecule has 1 aliphatic heterocycles. The average Bonchev–Trinajstić information content (AvgIpc) is 3.21. The lowest BCUT2D eigenvalue weighted by Gasteiger charge is -2.29. The predicted molar refractivity (Wildman–Crippen MR) is 73.5 cm³/mol. The van der Waals surface area contributed by atoms with Crippen molar-refractivity contribution in [1.29, 1.82) is 0 Å². The largest absolute Gasteiger partial charge is 0.354 e. The van der Waals surface area contributed by atoms with Crippen LogP contribution in [-0.4, -0.2) is 37.5 Å². The third kappa shape index (κ3) is 4.82. The molecule has 2 atom stereocenters. The highest BCUT2D eigenvalue weighted by molar-refractivity contribution is 5.81. The molecule has 2 fully saturated rings. The van der Waals surface area contributed by atoms with Crippen LogP contribution in [0.4, 0.5) is 0 Å². The van der Waals surface area contributed by atoms with Crippen molar-refractivity contribution in [3.8, 4) is 0 Å². The molecule has 1 saturated carbocycles. The van der Waals surface area contributed by atoms with Crippen molar-refractivity contribution in [1.82, 2.24) is 16.0 Å². The van der Waals surface area contributed by atoms with Crippen LogP contribution in [0.25, 0.3) is 0 Å². The highest BCUT2D eigenvalue weighted by Gasteiger charge is 2.29. The Morgan fingerprint density at radius 1 is 1.16 bits per heavy atom. The molecule has 0 bridgehead atoms. The molecule has 108 valence electrons. The maximum atomic E-state index is 11.8. The standard InChI is InChI=1S/C14H25N3O2/c1-10-3-2-6-15-12(10)9-13(18)16-7-8-17-14(19)11-4-5-11/h10-12,15H,2-9H2,1H3,(H,16,18)(H,17,19). The fourth-order valence-corrected chi connectivity index (χ4v) is 2.54. The summed E-state index contributed by atoms with van der Waals surface area (Å²) >= 11 is 0. The highest BCUT2D eigenvalue weighted by Crippen LogP contribution is 2.28. The Hall–Kier alpha value is -1.10. The second kappa shape index (κ2) is 6.89. The fraction of sp³-hybridized carbons (Fsp3) is 0.857. The number of hydrogen-bond acceptors (Lipinski definition) is 3. The highest BCUT2D eigenvalue weighted by atomic mass is 16.2. The molecule has 0 aromatic heterocycles. The van der Waals surface area contributed by atoms with Gasteiger partial charge < -0.3 is 16.0 Å². The van der Waals surface area contributed by atoms with Gasteiger partial charge in [-0.3, -0.25) is 9.59 Å². The number of piperidine rings is 1. The van der Waals surface area contributed by atoms with E-state index in [0.717, 1.165) is 19.4 Å². The van der Waals surface area contributed by atoms with Crippen LogP contribution < -0.4 is 16.0 Å². The lowest BCUT2D eigenvalue weighted by Crippen LogP contribution is -2.44. The molecular formula is C14H25N3O2. The predicted octanol–water partition coefficient (Wildman–Crippen LogP) is 0.407. The van der Waals surface area contributed by atoms with Crippen molar-refractivity contribution >= 4 is 11.8 Å². The van der Waals surface area contributed by atoms with Crippen LogP contribution in [0.15, 0.2) is 0 Å². The Kier molecular flexibility index (Phi) is 5.19. The van der Waals surface area contributed by atoms with E-state index in [-0.39, 0.29) is 17.7 Å². The van der Waals surface area contributed by atoms with E-state index in [1.165, 1.54) is 12.8 Å². The van der Waals surface area contributed by atoms with E-state index in [1.807, 2.05) is 0 Å². The Balaban J connectivity index is 1.54. The number of nitrogens with one attached hydrogen (secondary N) is 3. The Bertz CT molecular complexity index is 329. The van der Waals surface area contributed by atoms with Gasteiger partial charge in [0.2, 0.25) is 11.8 Å². The lowest BCUT2D eigenvalue weighted by molar-refractivity contribution is -0.124. The summed E-state index contributed by atoms with van der Waals surface area (Å²) in [5.41, 5.74) is 0. The number of rotatable bonds is 6. The Morgan fingerprint density at radius 2 is 1.89 bits per heavy atom. The second-order valence-corrected chi connectivity index (χ2v) is 5.80. The summed E-state index contributed by atoms with van der Waals surface area (Å²) in [7, 11) is 0. The zero-order chi connectivity index (χ0) is 13.7. The van der Waals surface area contributed by atoms with Gasteiger partial charge in [-0.25, -0.2) is 0 Å². The summed E-state index contributed by atoms with van der Waals surface area (Å²) in [5.74, 6) is 1.01. The van der Waals surface area contributed by atoms with Gasteiger partial charge in [0.25, 0.3) is 0 Å². The first-order valence-corrected chi connectivity index (χ1v) is 7.44. The summed E-state index contributed by atoms with van der Waals surface area (Å²) in [6.45, 7) is 4.27. The Labute approximate surface area is 114 Å². The van der Waals surface area contributed by atoms with E-state index in [0.29, 0.717) is 31.5 Å². The first kappa shape index (κ1) is 14.3. The molecule has 1 aliphatic carbocycles. The average molecular weight is 267 g/mol. The molecule has 0 spiro atoms. The number of hydrogen-bond donors (Lipinski definition) is 3. The summed E-state index contributed by atoms with van der Waals surface area (Å²) in [5, 5.41) is 9.12. The summed E-state index contributed by atoms with van der Waals surface area (Å²) in [4.78, 5) is 23.2. The van der Waals surface area contributed by atoms with Crippen LogP contribution in [0.1, 0.15) is 39.0 Å². The van der Waals surface area contributed by atoms with Gasteiger partial charge in [0.1, 0.15) is 0 Å². The minimum atomic E-state index is 0.0759. The quantitative estimate of drug-likeness (QED) is 0.610. The summed E-state index contributed by atoms with van der Waals surface area (Å²) in [6.07, 6.45) is 4.97. The molecule has 0 aromatic carbocycles. The van der Waals surface area contributed by atoms with E-state index < -0.39 is 0 Å². The smallest absolute Gasteiger partial charge is 0.223 e. The SMILES string of the molecule is CC1CCCNC1CC(=O)NCCNC(=O)C1CC1. The number of carbonyl (C=O) groups is 2. The van der Waals surface area contributed by atoms with Gasteiger partial charge in [-0.1, -0.05) is 6.92 Å². The molecule has 1 saturated heterocycles. The van der Waals surface area contributed by atoms with Crippen molar-refractivity contribution in [2.45, 2.75) is 45.1 Å². The monoisotopic (exact) mass is 267 g/mol. The topological polar surface area (TPSA) is 70.2 Å². The number of carbonyl (C=O) groups excluding carboxylic acids is 2. The van der Waals surface area contributed by atoms with Crippen LogP contribution in [-0.2, 0) is 9.59 Å². The van der Waals surface area contributed by atoms with Crippen molar-refractivity contribution in [2.24, 2.45) is 11.8 Å². The molecular weight excluding hydrogens is 242 g/mol. The van der Waals surface area contributed by atoms with Crippen molar-refractivity contribution < 1.29 is 9.59 Å². The van der Waals surface area contributed by atoms with E-state index in [9.17, 15) is 9.59 Å². The summed E-state index contributed by atoms with van der Waals surface area (Å²) in [6, 6.07) is 0.301. The zero-order valence-electron chi connectivity index (χ0n) is 11.7. The third-order valence-corrected chi connectivity index (χ3v) is 4.03. The Morgan fingerprint density at radius 3 is 2.58 bits per heavy atom.